The molecule has 0 saturated carbocycles. The number of nitrogens with one attached hydrogen (secondary N) is 1. The Kier molecular flexibility index (Phi) is 4.77. The van der Waals surface area contributed by atoms with Crippen molar-refractivity contribution in [1.29, 1.82) is 0 Å². The van der Waals surface area contributed by atoms with Crippen LogP contribution in [-0.2, 0) is 4.74 Å². The number of carbonyl (C=O) groups is 2. The molecular formula is C16H16N2O5S. The van der Waals surface area contributed by atoms with E-state index in [0.29, 0.717) is 10.6 Å². The number of carbonyl (C=O) groups excluding carboxylic acids is 1. The van der Waals surface area contributed by atoms with Crippen LogP contribution in [0.4, 0.5) is 5.69 Å². The van der Waals surface area contributed by atoms with Crippen LogP contribution in [0.2, 0.25) is 0 Å². The van der Waals surface area contributed by atoms with E-state index in [1.807, 2.05) is 0 Å². The standard InChI is InChI=1S/C16H16N2O5S/c1-22-12-7-9(4-5-10(12)16(20)21)18-14(19)13-8-17-15(24-13)11-3-2-6-23-11/h4-5,7-8,11H,2-3,6H2,1H3,(H,18,19)(H,20,21). The van der Waals surface area contributed by atoms with Crippen LogP contribution in [0.25, 0.3) is 0 Å². The molecule has 8 heteroatoms. The van der Waals surface area contributed by atoms with Crippen LogP contribution < -0.4 is 10.1 Å². The van der Waals surface area contributed by atoms with Gasteiger partial charge in [-0.15, -0.1) is 11.3 Å². The Morgan fingerprint density at radius 3 is 2.96 bits per heavy atom. The summed E-state index contributed by atoms with van der Waals surface area (Å²) in [6, 6.07) is 4.39. The second kappa shape index (κ2) is 6.98. The third-order valence-electron chi connectivity index (χ3n) is 3.64. The number of amides is 1. The van der Waals surface area contributed by atoms with Crippen LogP contribution in [0.5, 0.6) is 5.75 Å². The number of carboxylic acids is 1. The van der Waals surface area contributed by atoms with E-state index in [1.165, 1.54) is 42.8 Å². The van der Waals surface area contributed by atoms with E-state index in [4.69, 9.17) is 14.6 Å². The molecule has 1 aromatic carbocycles. The van der Waals surface area contributed by atoms with Crippen molar-refractivity contribution in [2.75, 3.05) is 19.0 Å². The first-order chi connectivity index (χ1) is 11.6. The summed E-state index contributed by atoms with van der Waals surface area (Å²) >= 11 is 1.30. The molecule has 2 heterocycles. The number of anilines is 1. The van der Waals surface area contributed by atoms with Crippen molar-refractivity contribution < 1.29 is 24.2 Å². The molecule has 24 heavy (non-hydrogen) atoms. The molecule has 3 rings (SSSR count). The second-order valence-electron chi connectivity index (χ2n) is 5.24. The Hall–Kier alpha value is -2.45. The average Bonchev–Trinajstić information content (AvgIpc) is 3.25. The van der Waals surface area contributed by atoms with E-state index >= 15 is 0 Å². The lowest BCUT2D eigenvalue weighted by molar-refractivity contribution is 0.0693. The number of benzene rings is 1. The molecule has 2 aromatic rings. The summed E-state index contributed by atoms with van der Waals surface area (Å²) in [7, 11) is 1.38. The van der Waals surface area contributed by atoms with Gasteiger partial charge in [-0.25, -0.2) is 9.78 Å². The minimum atomic E-state index is -1.09. The average molecular weight is 348 g/mol. The lowest BCUT2D eigenvalue weighted by Gasteiger charge is -2.08. The van der Waals surface area contributed by atoms with Crippen LogP contribution in [0, 0.1) is 0 Å². The highest BCUT2D eigenvalue weighted by molar-refractivity contribution is 7.13. The highest BCUT2D eigenvalue weighted by Gasteiger charge is 2.22. The number of nitrogens with zero attached hydrogens (tertiary/aromatic N) is 1. The third kappa shape index (κ3) is 3.39. The van der Waals surface area contributed by atoms with Crippen LogP contribution in [-0.4, -0.2) is 35.7 Å². The number of carboxylic acid groups (broad SMARTS) is 1. The van der Waals surface area contributed by atoms with Gasteiger partial charge in [0.05, 0.1) is 13.3 Å². The molecule has 1 aliphatic rings. The summed E-state index contributed by atoms with van der Waals surface area (Å²) in [6.07, 6.45) is 3.43. The number of aromatic carboxylic acids is 1. The van der Waals surface area contributed by atoms with Crippen LogP contribution >= 0.6 is 11.3 Å². The molecule has 1 fully saturated rings. The van der Waals surface area contributed by atoms with Gasteiger partial charge in [0, 0.05) is 18.4 Å². The first kappa shape index (κ1) is 16.4. The maximum Gasteiger partial charge on any atom is 0.339 e. The van der Waals surface area contributed by atoms with Crippen molar-refractivity contribution in [3.63, 3.8) is 0 Å². The van der Waals surface area contributed by atoms with Crippen LogP contribution in [0.1, 0.15) is 44.0 Å². The quantitative estimate of drug-likeness (QED) is 0.862. The van der Waals surface area contributed by atoms with E-state index in [1.54, 1.807) is 0 Å². The minimum Gasteiger partial charge on any atom is -0.496 e. The van der Waals surface area contributed by atoms with Crippen LogP contribution in [0.15, 0.2) is 24.4 Å². The number of aromatic nitrogens is 1. The molecule has 0 bridgehead atoms. The normalized spacial score (nSPS) is 16.8. The summed E-state index contributed by atoms with van der Waals surface area (Å²) in [5, 5.41) is 12.6. The van der Waals surface area contributed by atoms with Crippen molar-refractivity contribution in [3.05, 3.63) is 39.8 Å². The van der Waals surface area contributed by atoms with Gasteiger partial charge >= 0.3 is 5.97 Å². The summed E-state index contributed by atoms with van der Waals surface area (Å²) < 4.78 is 10.6. The van der Waals surface area contributed by atoms with E-state index < -0.39 is 5.97 Å². The van der Waals surface area contributed by atoms with E-state index in [-0.39, 0.29) is 23.3 Å². The molecule has 1 saturated heterocycles. The second-order valence-corrected chi connectivity index (χ2v) is 6.30. The van der Waals surface area contributed by atoms with Gasteiger partial charge in [-0.1, -0.05) is 0 Å². The highest BCUT2D eigenvalue weighted by atomic mass is 32.1. The zero-order valence-corrected chi connectivity index (χ0v) is 13.8. The van der Waals surface area contributed by atoms with Crippen LogP contribution in [0.3, 0.4) is 0 Å². The molecule has 0 aliphatic carbocycles. The third-order valence-corrected chi connectivity index (χ3v) is 4.73. The van der Waals surface area contributed by atoms with Gasteiger partial charge in [0.25, 0.3) is 5.91 Å². The fraction of sp³-hybridized carbons (Fsp3) is 0.312. The number of hydrogen-bond donors (Lipinski definition) is 2. The maximum atomic E-state index is 12.3. The van der Waals surface area contributed by atoms with Crippen molar-refractivity contribution in [3.8, 4) is 5.75 Å². The summed E-state index contributed by atoms with van der Waals surface area (Å²) in [5.41, 5.74) is 0.489. The number of hydrogen-bond acceptors (Lipinski definition) is 6. The Labute approximate surface area is 142 Å². The fourth-order valence-electron chi connectivity index (χ4n) is 2.45. The number of methoxy groups -OCH3 is 1. The first-order valence-electron chi connectivity index (χ1n) is 7.38. The molecule has 7 nitrogen and oxygen atoms in total. The van der Waals surface area contributed by atoms with Crippen molar-refractivity contribution in [2.24, 2.45) is 0 Å². The Balaban J connectivity index is 1.73. The lowest BCUT2D eigenvalue weighted by atomic mass is 10.2. The number of rotatable bonds is 5. The fourth-order valence-corrected chi connectivity index (χ4v) is 3.35. The summed E-state index contributed by atoms with van der Waals surface area (Å²) in [5.74, 6) is -1.21. The van der Waals surface area contributed by atoms with E-state index in [2.05, 4.69) is 10.3 Å². The minimum absolute atomic E-state index is 0.0218. The predicted molar refractivity (Wildman–Crippen MR) is 87.9 cm³/mol. The molecule has 2 N–H and O–H groups in total. The zero-order chi connectivity index (χ0) is 17.1. The first-order valence-corrected chi connectivity index (χ1v) is 8.20. The molecule has 1 amide bonds. The predicted octanol–water partition coefficient (Wildman–Crippen LogP) is 2.95. The SMILES string of the molecule is COc1cc(NC(=O)c2cnc(C3CCCO3)s2)ccc1C(=O)O. The number of ether oxygens (including phenoxy) is 2. The van der Waals surface area contributed by atoms with Gasteiger partial charge in [0.1, 0.15) is 27.3 Å². The van der Waals surface area contributed by atoms with Crippen molar-refractivity contribution in [1.82, 2.24) is 4.98 Å². The Bertz CT molecular complexity index is 768. The molecular weight excluding hydrogens is 332 g/mol. The van der Waals surface area contributed by atoms with Gasteiger partial charge in [0.15, 0.2) is 0 Å². The van der Waals surface area contributed by atoms with Gasteiger partial charge in [0.2, 0.25) is 0 Å². The molecule has 1 aromatic heterocycles. The molecule has 0 spiro atoms. The maximum absolute atomic E-state index is 12.3. The topological polar surface area (TPSA) is 97.8 Å². The van der Waals surface area contributed by atoms with E-state index in [9.17, 15) is 9.59 Å². The van der Waals surface area contributed by atoms with Gasteiger partial charge in [-0.05, 0) is 25.0 Å². The molecule has 126 valence electrons. The smallest absolute Gasteiger partial charge is 0.339 e. The summed E-state index contributed by atoms with van der Waals surface area (Å²) in [6.45, 7) is 0.724. The van der Waals surface area contributed by atoms with Gasteiger partial charge in [-0.3, -0.25) is 4.79 Å². The lowest BCUT2D eigenvalue weighted by Crippen LogP contribution is -2.11. The highest BCUT2D eigenvalue weighted by Crippen LogP contribution is 2.31. The monoisotopic (exact) mass is 348 g/mol. The largest absolute Gasteiger partial charge is 0.496 e. The molecule has 1 aliphatic heterocycles. The van der Waals surface area contributed by atoms with Gasteiger partial charge < -0.3 is 19.9 Å². The molecule has 1 unspecified atom stereocenters. The summed E-state index contributed by atoms with van der Waals surface area (Å²) in [4.78, 5) is 28.1. The van der Waals surface area contributed by atoms with Crippen molar-refractivity contribution >= 4 is 28.9 Å². The Morgan fingerprint density at radius 1 is 1.46 bits per heavy atom. The van der Waals surface area contributed by atoms with E-state index in [0.717, 1.165) is 24.5 Å². The number of thiazole rings is 1. The van der Waals surface area contributed by atoms with Crippen molar-refractivity contribution in [2.45, 2.75) is 18.9 Å². The Morgan fingerprint density at radius 2 is 2.29 bits per heavy atom. The van der Waals surface area contributed by atoms with Gasteiger partial charge in [-0.2, -0.15) is 0 Å². The zero-order valence-electron chi connectivity index (χ0n) is 12.9. The molecule has 1 atom stereocenters. The molecule has 0 radical (unpaired) electrons.